The van der Waals surface area contributed by atoms with Crippen molar-refractivity contribution in [2.45, 2.75) is 13.5 Å². The Morgan fingerprint density at radius 2 is 2.40 bits per heavy atom. The van der Waals surface area contributed by atoms with Gasteiger partial charge in [0.25, 0.3) is 0 Å². The molecule has 0 unspecified atom stereocenters. The van der Waals surface area contributed by atoms with Crippen molar-refractivity contribution in [3.05, 3.63) is 41.5 Å². The van der Waals surface area contributed by atoms with Crippen LogP contribution in [0.3, 0.4) is 0 Å². The molecule has 1 aliphatic heterocycles. The minimum absolute atomic E-state index is 0.0561. The number of carbonyl (C=O) groups is 1. The van der Waals surface area contributed by atoms with Crippen molar-refractivity contribution >= 4 is 18.4 Å². The summed E-state index contributed by atoms with van der Waals surface area (Å²) in [5.74, 6) is -0.0561. The fourth-order valence-corrected chi connectivity index (χ4v) is 1.62. The lowest BCUT2D eigenvalue weighted by molar-refractivity contribution is 0.104. The fourth-order valence-electron chi connectivity index (χ4n) is 1.62. The highest BCUT2D eigenvalue weighted by Gasteiger charge is 2.27. The Balaban J connectivity index is 2.37. The lowest BCUT2D eigenvalue weighted by Gasteiger charge is -2.00. The molecule has 15 heavy (non-hydrogen) atoms. The monoisotopic (exact) mass is 202 g/mol. The maximum absolute atomic E-state index is 11.5. The highest BCUT2D eigenvalue weighted by atomic mass is 16.5. The Labute approximate surface area is 88.5 Å². The van der Waals surface area contributed by atoms with Gasteiger partial charge in [0.15, 0.2) is 5.78 Å². The van der Waals surface area contributed by atoms with E-state index in [4.69, 9.17) is 4.65 Å². The molecule has 0 saturated carbocycles. The average Bonchev–Trinajstić information content (AvgIpc) is 2.60. The number of allylic oxidation sites excluding steroid dienone is 2. The molecule has 0 bridgehead atoms. The predicted octanol–water partition coefficient (Wildman–Crippen LogP) is 0.663. The first-order chi connectivity index (χ1) is 7.22. The van der Waals surface area contributed by atoms with Gasteiger partial charge in [0.1, 0.15) is 0 Å². The van der Waals surface area contributed by atoms with E-state index in [0.717, 1.165) is 5.56 Å². The first-order valence-electron chi connectivity index (χ1n) is 4.82. The zero-order valence-corrected chi connectivity index (χ0v) is 8.43. The van der Waals surface area contributed by atoms with Crippen LogP contribution in [0.5, 0.6) is 0 Å². The third-order valence-corrected chi connectivity index (χ3v) is 2.41. The van der Waals surface area contributed by atoms with Crippen LogP contribution in [0.2, 0.25) is 0 Å². The van der Waals surface area contributed by atoms with Gasteiger partial charge >= 0.3 is 7.12 Å². The molecule has 0 aliphatic carbocycles. The first kappa shape index (κ1) is 10.1. The molecule has 0 spiro atoms. The van der Waals surface area contributed by atoms with E-state index in [-0.39, 0.29) is 5.78 Å². The molecule has 2 rings (SSSR count). The van der Waals surface area contributed by atoms with Crippen molar-refractivity contribution in [2.24, 2.45) is 0 Å². The van der Waals surface area contributed by atoms with E-state index in [1.807, 2.05) is 6.07 Å². The van der Waals surface area contributed by atoms with Crippen LogP contribution >= 0.6 is 0 Å². The first-order valence-corrected chi connectivity index (χ1v) is 4.82. The van der Waals surface area contributed by atoms with Crippen LogP contribution in [0.15, 0.2) is 30.4 Å². The zero-order valence-electron chi connectivity index (χ0n) is 8.43. The lowest BCUT2D eigenvalue weighted by atomic mass is 9.78. The van der Waals surface area contributed by atoms with E-state index in [2.05, 4.69) is 0 Å². The van der Waals surface area contributed by atoms with Crippen molar-refractivity contribution in [1.29, 1.82) is 0 Å². The highest BCUT2D eigenvalue weighted by Crippen LogP contribution is 2.12. The Morgan fingerprint density at radius 3 is 3.13 bits per heavy atom. The van der Waals surface area contributed by atoms with Gasteiger partial charge in [0.2, 0.25) is 0 Å². The second-order valence-corrected chi connectivity index (χ2v) is 3.44. The molecular weight excluding hydrogens is 191 g/mol. The molecule has 0 saturated heterocycles. The van der Waals surface area contributed by atoms with Gasteiger partial charge in [-0.1, -0.05) is 24.3 Å². The molecule has 76 valence electrons. The van der Waals surface area contributed by atoms with Gasteiger partial charge in [0.05, 0.1) is 6.61 Å². The van der Waals surface area contributed by atoms with Gasteiger partial charge < -0.3 is 9.68 Å². The van der Waals surface area contributed by atoms with Gasteiger partial charge in [-0.2, -0.15) is 0 Å². The third kappa shape index (κ3) is 1.86. The SMILES string of the molecule is C/C=C/C(=O)c1ccc2c(c1)B(O)OC2. The van der Waals surface area contributed by atoms with Gasteiger partial charge in [-0.15, -0.1) is 0 Å². The van der Waals surface area contributed by atoms with Crippen molar-refractivity contribution in [2.75, 3.05) is 0 Å². The van der Waals surface area contributed by atoms with Crippen LogP contribution in [0, 0.1) is 0 Å². The Morgan fingerprint density at radius 1 is 1.60 bits per heavy atom. The van der Waals surface area contributed by atoms with Crippen molar-refractivity contribution in [3.8, 4) is 0 Å². The van der Waals surface area contributed by atoms with Gasteiger partial charge in [-0.05, 0) is 24.0 Å². The van der Waals surface area contributed by atoms with Crippen LogP contribution in [0.4, 0.5) is 0 Å². The summed E-state index contributed by atoms with van der Waals surface area (Å²) in [6.07, 6.45) is 3.20. The number of rotatable bonds is 2. The third-order valence-electron chi connectivity index (χ3n) is 2.41. The topological polar surface area (TPSA) is 46.5 Å². The molecule has 0 fully saturated rings. The minimum Gasteiger partial charge on any atom is -0.423 e. The van der Waals surface area contributed by atoms with Crippen LogP contribution in [-0.2, 0) is 11.3 Å². The minimum atomic E-state index is -0.890. The predicted molar refractivity (Wildman–Crippen MR) is 58.0 cm³/mol. The summed E-state index contributed by atoms with van der Waals surface area (Å²) in [6, 6.07) is 5.26. The molecule has 1 aromatic rings. The van der Waals surface area contributed by atoms with Gasteiger partial charge in [-0.25, -0.2) is 0 Å². The number of hydrogen-bond donors (Lipinski definition) is 1. The maximum atomic E-state index is 11.5. The Bertz CT molecular complexity index is 426. The summed E-state index contributed by atoms with van der Waals surface area (Å²) in [7, 11) is -0.890. The van der Waals surface area contributed by atoms with Gasteiger partial charge in [0, 0.05) is 5.56 Å². The zero-order chi connectivity index (χ0) is 10.8. The van der Waals surface area contributed by atoms with Crippen molar-refractivity contribution < 1.29 is 14.5 Å². The summed E-state index contributed by atoms with van der Waals surface area (Å²) in [6.45, 7) is 2.21. The molecular formula is C11H11BO3. The van der Waals surface area contributed by atoms with Crippen LogP contribution in [-0.4, -0.2) is 17.9 Å². The number of fused-ring (bicyclic) bond motifs is 1. The number of carbonyl (C=O) groups excluding carboxylic acids is 1. The van der Waals surface area contributed by atoms with Crippen LogP contribution in [0.1, 0.15) is 22.8 Å². The second-order valence-electron chi connectivity index (χ2n) is 3.44. The summed E-state index contributed by atoms with van der Waals surface area (Å²) in [4.78, 5) is 11.5. The molecule has 1 N–H and O–H groups in total. The quantitative estimate of drug-likeness (QED) is 0.435. The number of ketones is 1. The van der Waals surface area contributed by atoms with E-state index in [9.17, 15) is 9.82 Å². The molecule has 1 aromatic carbocycles. The molecule has 4 heteroatoms. The maximum Gasteiger partial charge on any atom is 0.491 e. The van der Waals surface area contributed by atoms with E-state index in [1.165, 1.54) is 6.08 Å². The molecule has 0 amide bonds. The second kappa shape index (κ2) is 4.00. The highest BCUT2D eigenvalue weighted by molar-refractivity contribution is 6.61. The van der Waals surface area contributed by atoms with Gasteiger partial charge in [-0.3, -0.25) is 4.79 Å². The van der Waals surface area contributed by atoms with Crippen LogP contribution < -0.4 is 5.46 Å². The van der Waals surface area contributed by atoms with E-state index in [0.29, 0.717) is 17.6 Å². The summed E-state index contributed by atoms with van der Waals surface area (Å²) in [5, 5.41) is 9.47. The fraction of sp³-hybridized carbons (Fsp3) is 0.182. The number of benzene rings is 1. The summed E-state index contributed by atoms with van der Waals surface area (Å²) >= 11 is 0. The van der Waals surface area contributed by atoms with Crippen LogP contribution in [0.25, 0.3) is 0 Å². The largest absolute Gasteiger partial charge is 0.491 e. The van der Waals surface area contributed by atoms with Crippen molar-refractivity contribution in [3.63, 3.8) is 0 Å². The average molecular weight is 202 g/mol. The van der Waals surface area contributed by atoms with Crippen molar-refractivity contribution in [1.82, 2.24) is 0 Å². The Hall–Kier alpha value is -1.39. The molecule has 1 heterocycles. The summed E-state index contributed by atoms with van der Waals surface area (Å²) in [5.41, 5.74) is 2.22. The van der Waals surface area contributed by atoms with E-state index < -0.39 is 7.12 Å². The summed E-state index contributed by atoms with van der Waals surface area (Å²) < 4.78 is 5.04. The molecule has 0 atom stereocenters. The smallest absolute Gasteiger partial charge is 0.423 e. The molecule has 3 nitrogen and oxygen atoms in total. The molecule has 0 aromatic heterocycles. The molecule has 1 aliphatic rings. The standard InChI is InChI=1S/C11H11BO3/c1-2-3-11(13)8-4-5-9-7-15-12(14)10(9)6-8/h2-6,14H,7H2,1H3/b3-2+. The lowest BCUT2D eigenvalue weighted by Crippen LogP contribution is -2.28. The number of hydrogen-bond acceptors (Lipinski definition) is 3. The molecule has 0 radical (unpaired) electrons. The van der Waals surface area contributed by atoms with E-state index >= 15 is 0 Å². The van der Waals surface area contributed by atoms with E-state index in [1.54, 1.807) is 25.1 Å². The normalized spacial score (nSPS) is 14.7. The Kier molecular flexibility index (Phi) is 2.71.